The first kappa shape index (κ1) is 18.8. The molecule has 2 aliphatic rings. The lowest BCUT2D eigenvalue weighted by molar-refractivity contribution is 0.0949. The summed E-state index contributed by atoms with van der Waals surface area (Å²) in [5, 5.41) is 2.59. The molecular formula is C22H24N2O4. The molecule has 2 aromatic rings. The monoisotopic (exact) mass is 380 g/mol. The van der Waals surface area contributed by atoms with Crippen molar-refractivity contribution in [2.75, 3.05) is 27.4 Å². The number of carbonyl (C=O) groups is 2. The number of pyridine rings is 1. The van der Waals surface area contributed by atoms with E-state index in [1.807, 2.05) is 30.3 Å². The van der Waals surface area contributed by atoms with Gasteiger partial charge in [-0.2, -0.15) is 0 Å². The number of benzene rings is 1. The third kappa shape index (κ3) is 3.57. The molecule has 1 aliphatic heterocycles. The van der Waals surface area contributed by atoms with E-state index in [0.717, 1.165) is 18.8 Å². The van der Waals surface area contributed by atoms with E-state index < -0.39 is 6.10 Å². The van der Waals surface area contributed by atoms with Gasteiger partial charge in [-0.15, -0.1) is 0 Å². The molecule has 1 aromatic carbocycles. The maximum Gasteiger partial charge on any atom is 0.269 e. The van der Waals surface area contributed by atoms with Gasteiger partial charge in [-0.05, 0) is 35.4 Å². The molecule has 2 fully saturated rings. The van der Waals surface area contributed by atoms with Crippen molar-refractivity contribution in [2.45, 2.75) is 12.5 Å². The molecule has 1 unspecified atom stereocenters. The van der Waals surface area contributed by atoms with Gasteiger partial charge in [-0.25, -0.2) is 4.98 Å². The molecule has 1 N–H and O–H groups in total. The summed E-state index contributed by atoms with van der Waals surface area (Å²) in [6.07, 6.45) is 0.0317. The fraction of sp³-hybridized carbons (Fsp3) is 0.409. The predicted molar refractivity (Wildman–Crippen MR) is 103 cm³/mol. The van der Waals surface area contributed by atoms with Crippen LogP contribution in [-0.2, 0) is 9.47 Å². The summed E-state index contributed by atoms with van der Waals surface area (Å²) >= 11 is 0. The highest BCUT2D eigenvalue weighted by Gasteiger charge is 2.54. The highest BCUT2D eigenvalue weighted by Crippen LogP contribution is 2.53. The molecule has 1 aliphatic carbocycles. The second-order valence-corrected chi connectivity index (χ2v) is 7.43. The Bertz CT molecular complexity index is 873. The van der Waals surface area contributed by atoms with Crippen LogP contribution in [-0.4, -0.2) is 44.0 Å². The molecular weight excluding hydrogens is 356 g/mol. The SMILES string of the molecule is CNC(=O)c1cc(C(=O)CC2[C@H]3COC[C@@H]23)cc([C@H](OC)c2ccccc2)n1. The van der Waals surface area contributed by atoms with Gasteiger partial charge in [0.15, 0.2) is 5.78 Å². The summed E-state index contributed by atoms with van der Waals surface area (Å²) in [6.45, 7) is 1.51. The van der Waals surface area contributed by atoms with E-state index in [-0.39, 0.29) is 17.4 Å². The third-order valence-corrected chi connectivity index (χ3v) is 5.78. The van der Waals surface area contributed by atoms with Crippen molar-refractivity contribution < 1.29 is 19.1 Å². The first-order valence-corrected chi connectivity index (χ1v) is 9.55. The van der Waals surface area contributed by atoms with Crippen LogP contribution in [0.3, 0.4) is 0 Å². The molecule has 1 aromatic heterocycles. The fourth-order valence-electron chi connectivity index (χ4n) is 4.14. The molecule has 0 radical (unpaired) electrons. The lowest BCUT2D eigenvalue weighted by Gasteiger charge is -2.17. The van der Waals surface area contributed by atoms with Crippen molar-refractivity contribution in [3.8, 4) is 0 Å². The Morgan fingerprint density at radius 3 is 2.57 bits per heavy atom. The summed E-state index contributed by atoms with van der Waals surface area (Å²) in [5.41, 5.74) is 2.20. The Morgan fingerprint density at radius 2 is 1.93 bits per heavy atom. The van der Waals surface area contributed by atoms with Crippen LogP contribution in [0.1, 0.15) is 44.6 Å². The van der Waals surface area contributed by atoms with E-state index in [9.17, 15) is 9.59 Å². The molecule has 6 heteroatoms. The van der Waals surface area contributed by atoms with Crippen molar-refractivity contribution in [3.63, 3.8) is 0 Å². The highest BCUT2D eigenvalue weighted by molar-refractivity contribution is 6.00. The van der Waals surface area contributed by atoms with E-state index in [0.29, 0.717) is 35.4 Å². The number of hydrogen-bond acceptors (Lipinski definition) is 5. The largest absolute Gasteiger partial charge is 0.381 e. The van der Waals surface area contributed by atoms with Crippen LogP contribution in [0, 0.1) is 17.8 Å². The van der Waals surface area contributed by atoms with Crippen LogP contribution < -0.4 is 5.32 Å². The molecule has 6 nitrogen and oxygen atoms in total. The zero-order chi connectivity index (χ0) is 19.7. The topological polar surface area (TPSA) is 77.5 Å². The number of nitrogens with one attached hydrogen (secondary N) is 1. The smallest absolute Gasteiger partial charge is 0.269 e. The second kappa shape index (κ2) is 7.81. The van der Waals surface area contributed by atoms with Crippen LogP contribution in [0.5, 0.6) is 0 Å². The van der Waals surface area contributed by atoms with Gasteiger partial charge in [0.25, 0.3) is 5.91 Å². The van der Waals surface area contributed by atoms with Gasteiger partial charge in [0.2, 0.25) is 0 Å². The highest BCUT2D eigenvalue weighted by atomic mass is 16.5. The number of Topliss-reactive ketones (excluding diaryl/α,β-unsaturated/α-hetero) is 1. The maximum absolute atomic E-state index is 12.9. The van der Waals surface area contributed by atoms with Crippen LogP contribution >= 0.6 is 0 Å². The van der Waals surface area contributed by atoms with Crippen molar-refractivity contribution in [2.24, 2.45) is 17.8 Å². The molecule has 0 spiro atoms. The average Bonchev–Trinajstić information content (AvgIpc) is 3.14. The number of ketones is 1. The number of amides is 1. The number of ether oxygens (including phenoxy) is 2. The normalized spacial score (nSPS) is 23.7. The van der Waals surface area contributed by atoms with Gasteiger partial charge in [0.05, 0.1) is 18.9 Å². The zero-order valence-electron chi connectivity index (χ0n) is 16.1. The number of hydrogen-bond donors (Lipinski definition) is 1. The molecule has 1 saturated carbocycles. The van der Waals surface area contributed by atoms with E-state index in [1.165, 1.54) is 0 Å². The Kier molecular flexibility index (Phi) is 5.24. The number of rotatable bonds is 7. The van der Waals surface area contributed by atoms with E-state index >= 15 is 0 Å². The minimum atomic E-state index is -0.453. The van der Waals surface area contributed by atoms with Gasteiger partial charge in [-0.3, -0.25) is 9.59 Å². The molecule has 1 saturated heterocycles. The van der Waals surface area contributed by atoms with E-state index in [1.54, 1.807) is 26.3 Å². The van der Waals surface area contributed by atoms with Crippen molar-refractivity contribution in [1.82, 2.24) is 10.3 Å². The second-order valence-electron chi connectivity index (χ2n) is 7.43. The number of aromatic nitrogens is 1. The molecule has 1 amide bonds. The summed E-state index contributed by atoms with van der Waals surface area (Å²) in [6, 6.07) is 13.0. The van der Waals surface area contributed by atoms with E-state index in [4.69, 9.17) is 9.47 Å². The quantitative estimate of drug-likeness (QED) is 0.747. The third-order valence-electron chi connectivity index (χ3n) is 5.78. The Balaban J connectivity index is 1.65. The number of nitrogens with zero attached hydrogens (tertiary/aromatic N) is 1. The van der Waals surface area contributed by atoms with E-state index in [2.05, 4.69) is 10.3 Å². The standard InChI is InChI=1S/C22H24N2O4/c1-23-22(26)19-9-14(20(25)10-15-16-11-28-12-17(15)16)8-18(24-19)21(27-2)13-6-4-3-5-7-13/h3-9,15-17,21H,10-12H2,1-2H3,(H,23,26)/t15?,16-,17+,21-/m1/s1. The molecule has 28 heavy (non-hydrogen) atoms. The number of carbonyl (C=O) groups excluding carboxylic acids is 2. The van der Waals surface area contributed by atoms with Gasteiger partial charge < -0.3 is 14.8 Å². The molecule has 0 bridgehead atoms. The van der Waals surface area contributed by atoms with Crippen LogP contribution in [0.4, 0.5) is 0 Å². The molecule has 146 valence electrons. The summed E-state index contributed by atoms with van der Waals surface area (Å²) < 4.78 is 11.1. The molecule has 4 atom stereocenters. The molecule has 4 rings (SSSR count). The Morgan fingerprint density at radius 1 is 1.21 bits per heavy atom. The summed E-state index contributed by atoms with van der Waals surface area (Å²) in [5.74, 6) is 1.14. The maximum atomic E-state index is 12.9. The van der Waals surface area contributed by atoms with Crippen LogP contribution in [0.25, 0.3) is 0 Å². The number of fused-ring (bicyclic) bond motifs is 1. The minimum absolute atomic E-state index is 0.0381. The Labute approximate surface area is 164 Å². The van der Waals surface area contributed by atoms with Crippen molar-refractivity contribution in [1.29, 1.82) is 0 Å². The average molecular weight is 380 g/mol. The van der Waals surface area contributed by atoms with Crippen molar-refractivity contribution >= 4 is 11.7 Å². The Hall–Kier alpha value is -2.57. The predicted octanol–water partition coefficient (Wildman–Crippen LogP) is 2.64. The van der Waals surface area contributed by atoms with Crippen LogP contribution in [0.2, 0.25) is 0 Å². The summed E-state index contributed by atoms with van der Waals surface area (Å²) in [7, 11) is 3.15. The lowest BCUT2D eigenvalue weighted by Crippen LogP contribution is -2.21. The first-order valence-electron chi connectivity index (χ1n) is 9.55. The van der Waals surface area contributed by atoms with Gasteiger partial charge in [0, 0.05) is 26.1 Å². The lowest BCUT2D eigenvalue weighted by atomic mass is 9.99. The van der Waals surface area contributed by atoms with Crippen molar-refractivity contribution in [3.05, 3.63) is 65.0 Å². The minimum Gasteiger partial charge on any atom is -0.381 e. The van der Waals surface area contributed by atoms with Crippen LogP contribution in [0.15, 0.2) is 42.5 Å². The molecule has 2 heterocycles. The number of methoxy groups -OCH3 is 1. The van der Waals surface area contributed by atoms with Gasteiger partial charge in [-0.1, -0.05) is 30.3 Å². The van der Waals surface area contributed by atoms with Gasteiger partial charge in [0.1, 0.15) is 11.8 Å². The summed E-state index contributed by atoms with van der Waals surface area (Å²) in [4.78, 5) is 29.7. The first-order chi connectivity index (χ1) is 13.6. The zero-order valence-corrected chi connectivity index (χ0v) is 16.1. The fourth-order valence-corrected chi connectivity index (χ4v) is 4.14. The van der Waals surface area contributed by atoms with Gasteiger partial charge >= 0.3 is 0 Å².